The fourth-order valence-corrected chi connectivity index (χ4v) is 1.14. The van der Waals surface area contributed by atoms with Gasteiger partial charge in [0.2, 0.25) is 0 Å². The molecular weight excluding hydrogens is 168 g/mol. The first kappa shape index (κ1) is 9.84. The third-order valence-electron chi connectivity index (χ3n) is 1.74. The Kier molecular flexibility index (Phi) is 3.55. The quantitative estimate of drug-likeness (QED) is 0.670. The Hall–Kier alpha value is -1.25. The van der Waals surface area contributed by atoms with E-state index in [1.165, 1.54) is 6.92 Å². The number of aryl methyl sites for hydroxylation is 1. The molecule has 1 rings (SSSR count). The fraction of sp³-hybridized carbons (Fsp3) is 0.500. The van der Waals surface area contributed by atoms with Gasteiger partial charge in [0.05, 0.1) is 12.4 Å². The van der Waals surface area contributed by atoms with Crippen molar-refractivity contribution in [2.45, 2.75) is 32.8 Å². The molecule has 0 saturated heterocycles. The van der Waals surface area contributed by atoms with E-state index in [1.54, 1.807) is 6.26 Å². The summed E-state index contributed by atoms with van der Waals surface area (Å²) >= 11 is 0. The van der Waals surface area contributed by atoms with Gasteiger partial charge < -0.3 is 9.15 Å². The first-order valence-corrected chi connectivity index (χ1v) is 4.38. The second-order valence-electron chi connectivity index (χ2n) is 3.04. The van der Waals surface area contributed by atoms with Gasteiger partial charge in [-0.3, -0.25) is 4.79 Å². The Morgan fingerprint density at radius 1 is 1.69 bits per heavy atom. The van der Waals surface area contributed by atoms with Crippen LogP contribution in [0.3, 0.4) is 0 Å². The molecule has 0 spiro atoms. The van der Waals surface area contributed by atoms with Gasteiger partial charge in [0.15, 0.2) is 0 Å². The summed E-state index contributed by atoms with van der Waals surface area (Å²) in [5, 5.41) is 0. The average Bonchev–Trinajstić information content (AvgIpc) is 2.51. The maximum absolute atomic E-state index is 10.6. The molecule has 0 aliphatic carbocycles. The molecule has 0 fully saturated rings. The van der Waals surface area contributed by atoms with Crippen LogP contribution in [0, 0.1) is 0 Å². The van der Waals surface area contributed by atoms with Crippen molar-refractivity contribution in [2.75, 3.05) is 0 Å². The van der Waals surface area contributed by atoms with Crippen molar-refractivity contribution in [3.8, 4) is 0 Å². The number of hydrogen-bond acceptors (Lipinski definition) is 3. The van der Waals surface area contributed by atoms with Crippen LogP contribution in [0.25, 0.3) is 0 Å². The van der Waals surface area contributed by atoms with E-state index in [4.69, 9.17) is 9.15 Å². The van der Waals surface area contributed by atoms with Crippen molar-refractivity contribution in [3.63, 3.8) is 0 Å². The van der Waals surface area contributed by atoms with Crippen molar-refractivity contribution in [3.05, 3.63) is 24.2 Å². The number of carbonyl (C=O) groups is 1. The van der Waals surface area contributed by atoms with Gasteiger partial charge in [-0.05, 0) is 25.5 Å². The predicted octanol–water partition coefficient (Wildman–Crippen LogP) is 2.16. The van der Waals surface area contributed by atoms with Crippen LogP contribution in [0.4, 0.5) is 0 Å². The van der Waals surface area contributed by atoms with Gasteiger partial charge in [-0.2, -0.15) is 0 Å². The molecule has 0 aliphatic rings. The predicted molar refractivity (Wildman–Crippen MR) is 48.3 cm³/mol. The number of hydrogen-bond donors (Lipinski definition) is 0. The lowest BCUT2D eigenvalue weighted by Gasteiger charge is -2.09. The van der Waals surface area contributed by atoms with Crippen LogP contribution in [-0.4, -0.2) is 12.1 Å². The van der Waals surface area contributed by atoms with Gasteiger partial charge in [-0.1, -0.05) is 0 Å². The lowest BCUT2D eigenvalue weighted by molar-refractivity contribution is -0.145. The summed E-state index contributed by atoms with van der Waals surface area (Å²) in [7, 11) is 0. The molecule has 1 aromatic heterocycles. The van der Waals surface area contributed by atoms with E-state index in [0.29, 0.717) is 0 Å². The van der Waals surface area contributed by atoms with Crippen molar-refractivity contribution in [2.24, 2.45) is 0 Å². The average molecular weight is 182 g/mol. The molecule has 0 radical (unpaired) electrons. The van der Waals surface area contributed by atoms with E-state index < -0.39 is 0 Å². The molecule has 0 aromatic carbocycles. The van der Waals surface area contributed by atoms with Gasteiger partial charge in [-0.25, -0.2) is 0 Å². The minimum Gasteiger partial charge on any atom is -0.469 e. The topological polar surface area (TPSA) is 39.4 Å². The Morgan fingerprint density at radius 3 is 3.00 bits per heavy atom. The maximum atomic E-state index is 10.6. The minimum atomic E-state index is -0.230. The Labute approximate surface area is 77.7 Å². The third kappa shape index (κ3) is 3.78. The summed E-state index contributed by atoms with van der Waals surface area (Å²) < 4.78 is 10.1. The summed E-state index contributed by atoms with van der Waals surface area (Å²) in [6.07, 6.45) is 3.21. The molecule has 72 valence electrons. The molecular formula is C10H14O3. The number of carbonyl (C=O) groups excluding carboxylic acids is 1. The molecule has 0 N–H and O–H groups in total. The number of esters is 1. The van der Waals surface area contributed by atoms with E-state index in [2.05, 4.69) is 0 Å². The standard InChI is InChI=1S/C10H14O3/c1-8(13-9(2)11)5-6-10-4-3-7-12-10/h3-4,7-8H,5-6H2,1-2H3/t8-/m0/s1. The number of furan rings is 1. The normalized spacial score (nSPS) is 12.5. The summed E-state index contributed by atoms with van der Waals surface area (Å²) in [6.45, 7) is 3.30. The van der Waals surface area contributed by atoms with Crippen molar-refractivity contribution in [1.82, 2.24) is 0 Å². The maximum Gasteiger partial charge on any atom is 0.302 e. The van der Waals surface area contributed by atoms with Crippen LogP contribution in [0.2, 0.25) is 0 Å². The van der Waals surface area contributed by atoms with Crippen molar-refractivity contribution in [1.29, 1.82) is 0 Å². The summed E-state index contributed by atoms with van der Waals surface area (Å²) in [4.78, 5) is 10.6. The highest BCUT2D eigenvalue weighted by Gasteiger charge is 2.06. The third-order valence-corrected chi connectivity index (χ3v) is 1.74. The zero-order chi connectivity index (χ0) is 9.68. The molecule has 0 amide bonds. The van der Waals surface area contributed by atoms with E-state index >= 15 is 0 Å². The summed E-state index contributed by atoms with van der Waals surface area (Å²) in [6, 6.07) is 3.77. The Balaban J connectivity index is 2.22. The molecule has 1 atom stereocenters. The first-order chi connectivity index (χ1) is 6.18. The van der Waals surface area contributed by atoms with Gasteiger partial charge in [-0.15, -0.1) is 0 Å². The van der Waals surface area contributed by atoms with Gasteiger partial charge in [0.25, 0.3) is 0 Å². The van der Waals surface area contributed by atoms with Crippen LogP contribution in [0.5, 0.6) is 0 Å². The van der Waals surface area contributed by atoms with Crippen LogP contribution in [0.15, 0.2) is 22.8 Å². The molecule has 1 heterocycles. The highest BCUT2D eigenvalue weighted by atomic mass is 16.5. The molecule has 1 aromatic rings. The molecule has 3 heteroatoms. The Bertz CT molecular complexity index is 251. The SMILES string of the molecule is CC(=O)O[C@@H](C)CCc1ccco1. The Morgan fingerprint density at radius 2 is 2.46 bits per heavy atom. The first-order valence-electron chi connectivity index (χ1n) is 4.38. The second-order valence-corrected chi connectivity index (χ2v) is 3.04. The van der Waals surface area contributed by atoms with E-state index in [0.717, 1.165) is 18.6 Å². The van der Waals surface area contributed by atoms with E-state index in [1.807, 2.05) is 19.1 Å². The molecule has 0 bridgehead atoms. The van der Waals surface area contributed by atoms with Crippen LogP contribution in [0.1, 0.15) is 26.0 Å². The van der Waals surface area contributed by atoms with E-state index in [-0.39, 0.29) is 12.1 Å². The van der Waals surface area contributed by atoms with Gasteiger partial charge in [0, 0.05) is 13.3 Å². The molecule has 13 heavy (non-hydrogen) atoms. The van der Waals surface area contributed by atoms with Crippen molar-refractivity contribution < 1.29 is 13.9 Å². The highest BCUT2D eigenvalue weighted by Crippen LogP contribution is 2.07. The van der Waals surface area contributed by atoms with Crippen LogP contribution < -0.4 is 0 Å². The van der Waals surface area contributed by atoms with Crippen molar-refractivity contribution >= 4 is 5.97 Å². The fourth-order valence-electron chi connectivity index (χ4n) is 1.14. The lowest BCUT2D eigenvalue weighted by atomic mass is 10.2. The monoisotopic (exact) mass is 182 g/mol. The van der Waals surface area contributed by atoms with E-state index in [9.17, 15) is 4.79 Å². The van der Waals surface area contributed by atoms with Crippen LogP contribution in [-0.2, 0) is 16.0 Å². The number of rotatable bonds is 4. The van der Waals surface area contributed by atoms with Gasteiger partial charge in [0.1, 0.15) is 5.76 Å². The number of ether oxygens (including phenoxy) is 1. The molecule has 0 unspecified atom stereocenters. The highest BCUT2D eigenvalue weighted by molar-refractivity contribution is 5.66. The molecule has 0 saturated carbocycles. The van der Waals surface area contributed by atoms with Crippen LogP contribution >= 0.6 is 0 Å². The smallest absolute Gasteiger partial charge is 0.302 e. The molecule has 0 aliphatic heterocycles. The molecule has 3 nitrogen and oxygen atoms in total. The zero-order valence-electron chi connectivity index (χ0n) is 7.95. The lowest BCUT2D eigenvalue weighted by Crippen LogP contribution is -2.12. The summed E-state index contributed by atoms with van der Waals surface area (Å²) in [5.74, 6) is 0.700. The minimum absolute atomic E-state index is 0.0393. The largest absolute Gasteiger partial charge is 0.469 e. The summed E-state index contributed by atoms with van der Waals surface area (Å²) in [5.41, 5.74) is 0. The second kappa shape index (κ2) is 4.70. The zero-order valence-corrected chi connectivity index (χ0v) is 7.95. The van der Waals surface area contributed by atoms with Gasteiger partial charge >= 0.3 is 5.97 Å².